The molecule has 1 amide bonds. The molecule has 108 valence electrons. The molecular formula is C16H15NO4. The molecule has 5 heteroatoms. The van der Waals surface area contributed by atoms with Crippen molar-refractivity contribution in [3.8, 4) is 0 Å². The standard InChI is InChI=1S/C16H15NO4/c17-16(19)21-14(13-9-5-2-6-10-13)15(18)20-11-12-7-3-1-4-8-12/h1-10,14H,11H2,(H2,17,19). The van der Waals surface area contributed by atoms with Gasteiger partial charge in [-0.2, -0.15) is 0 Å². The molecule has 0 heterocycles. The molecule has 0 saturated carbocycles. The first-order valence-corrected chi connectivity index (χ1v) is 6.38. The Morgan fingerprint density at radius 3 is 2.10 bits per heavy atom. The molecule has 2 rings (SSSR count). The number of carbonyl (C=O) groups is 2. The lowest BCUT2D eigenvalue weighted by atomic mass is 10.1. The third-order valence-corrected chi connectivity index (χ3v) is 2.77. The molecule has 0 spiro atoms. The van der Waals surface area contributed by atoms with Crippen LogP contribution >= 0.6 is 0 Å². The van der Waals surface area contributed by atoms with Gasteiger partial charge >= 0.3 is 12.1 Å². The molecule has 0 aliphatic rings. The van der Waals surface area contributed by atoms with Gasteiger partial charge < -0.3 is 15.2 Å². The van der Waals surface area contributed by atoms with E-state index in [4.69, 9.17) is 15.2 Å². The van der Waals surface area contributed by atoms with Crippen molar-refractivity contribution in [3.63, 3.8) is 0 Å². The van der Waals surface area contributed by atoms with Crippen molar-refractivity contribution < 1.29 is 19.1 Å². The van der Waals surface area contributed by atoms with Crippen molar-refractivity contribution >= 4 is 12.1 Å². The topological polar surface area (TPSA) is 78.6 Å². The van der Waals surface area contributed by atoms with Crippen molar-refractivity contribution in [2.24, 2.45) is 5.73 Å². The SMILES string of the molecule is NC(=O)OC(C(=O)OCc1ccccc1)c1ccccc1. The zero-order valence-corrected chi connectivity index (χ0v) is 11.3. The molecule has 2 aromatic rings. The lowest BCUT2D eigenvalue weighted by Crippen LogP contribution is -2.25. The number of benzene rings is 2. The quantitative estimate of drug-likeness (QED) is 0.856. The molecular weight excluding hydrogens is 270 g/mol. The summed E-state index contributed by atoms with van der Waals surface area (Å²) in [6.45, 7) is 0.102. The van der Waals surface area contributed by atoms with E-state index >= 15 is 0 Å². The highest BCUT2D eigenvalue weighted by atomic mass is 16.6. The fraction of sp³-hybridized carbons (Fsp3) is 0.125. The average Bonchev–Trinajstić information content (AvgIpc) is 2.52. The largest absolute Gasteiger partial charge is 0.458 e. The maximum atomic E-state index is 12.1. The van der Waals surface area contributed by atoms with E-state index in [0.717, 1.165) is 5.56 Å². The molecule has 0 bridgehead atoms. The van der Waals surface area contributed by atoms with Gasteiger partial charge in [0.2, 0.25) is 6.10 Å². The number of rotatable bonds is 5. The molecule has 0 aliphatic carbocycles. The molecule has 0 aliphatic heterocycles. The van der Waals surface area contributed by atoms with Crippen LogP contribution in [0.3, 0.4) is 0 Å². The fourth-order valence-corrected chi connectivity index (χ4v) is 1.80. The van der Waals surface area contributed by atoms with Crippen molar-refractivity contribution in [2.45, 2.75) is 12.7 Å². The summed E-state index contributed by atoms with van der Waals surface area (Å²) in [7, 11) is 0. The molecule has 21 heavy (non-hydrogen) atoms. The van der Waals surface area contributed by atoms with E-state index in [-0.39, 0.29) is 6.61 Å². The van der Waals surface area contributed by atoms with Gasteiger partial charge in [-0.1, -0.05) is 60.7 Å². The maximum absolute atomic E-state index is 12.1. The zero-order valence-electron chi connectivity index (χ0n) is 11.3. The van der Waals surface area contributed by atoms with Gasteiger partial charge in [0, 0.05) is 5.56 Å². The van der Waals surface area contributed by atoms with Crippen LogP contribution in [0.5, 0.6) is 0 Å². The highest BCUT2D eigenvalue weighted by Gasteiger charge is 2.25. The van der Waals surface area contributed by atoms with E-state index in [1.807, 2.05) is 30.3 Å². The lowest BCUT2D eigenvalue weighted by Gasteiger charge is -2.16. The van der Waals surface area contributed by atoms with Crippen molar-refractivity contribution in [3.05, 3.63) is 71.8 Å². The molecule has 0 fully saturated rings. The van der Waals surface area contributed by atoms with E-state index in [1.165, 1.54) is 0 Å². The minimum Gasteiger partial charge on any atom is -0.458 e. The summed E-state index contributed by atoms with van der Waals surface area (Å²) in [4.78, 5) is 23.1. The minimum atomic E-state index is -1.16. The monoisotopic (exact) mass is 285 g/mol. The highest BCUT2D eigenvalue weighted by molar-refractivity contribution is 5.79. The van der Waals surface area contributed by atoms with Gasteiger partial charge in [0.1, 0.15) is 6.61 Å². The van der Waals surface area contributed by atoms with Crippen molar-refractivity contribution in [1.82, 2.24) is 0 Å². The molecule has 5 nitrogen and oxygen atoms in total. The summed E-state index contributed by atoms with van der Waals surface area (Å²) in [5.74, 6) is -0.663. The summed E-state index contributed by atoms with van der Waals surface area (Å²) >= 11 is 0. The molecule has 1 unspecified atom stereocenters. The average molecular weight is 285 g/mol. The Kier molecular flexibility index (Phi) is 4.93. The minimum absolute atomic E-state index is 0.102. The van der Waals surface area contributed by atoms with Crippen LogP contribution in [0.2, 0.25) is 0 Å². The number of hydrogen-bond acceptors (Lipinski definition) is 4. The van der Waals surface area contributed by atoms with Gasteiger partial charge in [-0.25, -0.2) is 9.59 Å². The second-order valence-corrected chi connectivity index (χ2v) is 4.32. The number of amides is 1. The molecule has 2 aromatic carbocycles. The molecule has 1 atom stereocenters. The molecule has 0 aromatic heterocycles. The molecule has 2 N–H and O–H groups in total. The van der Waals surface area contributed by atoms with Crippen LogP contribution in [0.15, 0.2) is 60.7 Å². The van der Waals surface area contributed by atoms with Gasteiger partial charge in [0.15, 0.2) is 0 Å². The second kappa shape index (κ2) is 7.09. The summed E-state index contributed by atoms with van der Waals surface area (Å²) in [5.41, 5.74) is 6.36. The van der Waals surface area contributed by atoms with Crippen LogP contribution in [0, 0.1) is 0 Å². The molecule has 0 saturated heterocycles. The van der Waals surface area contributed by atoms with Crippen LogP contribution in [0.25, 0.3) is 0 Å². The van der Waals surface area contributed by atoms with Crippen molar-refractivity contribution in [1.29, 1.82) is 0 Å². The van der Waals surface area contributed by atoms with Gasteiger partial charge in [0.05, 0.1) is 0 Å². The van der Waals surface area contributed by atoms with E-state index < -0.39 is 18.2 Å². The first-order chi connectivity index (χ1) is 10.2. The van der Waals surface area contributed by atoms with Crippen LogP contribution in [-0.4, -0.2) is 12.1 Å². The Labute approximate surface area is 122 Å². The van der Waals surface area contributed by atoms with E-state index in [1.54, 1.807) is 30.3 Å². The zero-order chi connectivity index (χ0) is 15.1. The van der Waals surface area contributed by atoms with Crippen LogP contribution in [-0.2, 0) is 20.9 Å². The fourth-order valence-electron chi connectivity index (χ4n) is 1.80. The number of carbonyl (C=O) groups excluding carboxylic acids is 2. The van der Waals surface area contributed by atoms with E-state index in [9.17, 15) is 9.59 Å². The Bertz CT molecular complexity index is 598. The number of ether oxygens (including phenoxy) is 2. The summed E-state index contributed by atoms with van der Waals surface area (Å²) in [6.07, 6.45) is -2.19. The van der Waals surface area contributed by atoms with Crippen LogP contribution in [0.1, 0.15) is 17.2 Å². The number of esters is 1. The summed E-state index contributed by atoms with van der Waals surface area (Å²) in [6, 6.07) is 17.8. The first-order valence-electron chi connectivity index (χ1n) is 6.38. The van der Waals surface area contributed by atoms with Crippen LogP contribution in [0.4, 0.5) is 4.79 Å². The number of hydrogen-bond donors (Lipinski definition) is 1. The third kappa shape index (κ3) is 4.35. The lowest BCUT2D eigenvalue weighted by molar-refractivity contribution is -0.155. The van der Waals surface area contributed by atoms with Crippen molar-refractivity contribution in [2.75, 3.05) is 0 Å². The highest BCUT2D eigenvalue weighted by Crippen LogP contribution is 2.19. The van der Waals surface area contributed by atoms with Gasteiger partial charge in [-0.05, 0) is 5.56 Å². The summed E-state index contributed by atoms with van der Waals surface area (Å²) in [5, 5.41) is 0. The Balaban J connectivity index is 2.06. The Hall–Kier alpha value is -2.82. The second-order valence-electron chi connectivity index (χ2n) is 4.32. The van der Waals surface area contributed by atoms with Gasteiger partial charge in [0.25, 0.3) is 0 Å². The van der Waals surface area contributed by atoms with Crippen LogP contribution < -0.4 is 5.73 Å². The van der Waals surface area contributed by atoms with Gasteiger partial charge in [-0.15, -0.1) is 0 Å². The Morgan fingerprint density at radius 1 is 0.952 bits per heavy atom. The Morgan fingerprint density at radius 2 is 1.52 bits per heavy atom. The first kappa shape index (κ1) is 14.6. The normalized spacial score (nSPS) is 11.4. The summed E-state index contributed by atoms with van der Waals surface area (Å²) < 4.78 is 10.0. The maximum Gasteiger partial charge on any atom is 0.405 e. The van der Waals surface area contributed by atoms with Gasteiger partial charge in [-0.3, -0.25) is 0 Å². The number of nitrogens with two attached hydrogens (primary N) is 1. The van der Waals surface area contributed by atoms with E-state index in [2.05, 4.69) is 0 Å². The smallest absolute Gasteiger partial charge is 0.405 e. The third-order valence-electron chi connectivity index (χ3n) is 2.77. The van der Waals surface area contributed by atoms with E-state index in [0.29, 0.717) is 5.56 Å². The predicted octanol–water partition coefficient (Wildman–Crippen LogP) is 2.57. The molecule has 0 radical (unpaired) electrons. The predicted molar refractivity (Wildman–Crippen MR) is 76.1 cm³/mol. The number of primary amides is 1.